The largest absolute Gasteiger partial charge is 0.490 e. The molecule has 0 spiro atoms. The van der Waals surface area contributed by atoms with Gasteiger partial charge in [0.05, 0.1) is 12.2 Å². The molecule has 1 aliphatic rings. The number of aromatic nitrogens is 4. The van der Waals surface area contributed by atoms with Crippen molar-refractivity contribution in [3.63, 3.8) is 0 Å². The van der Waals surface area contributed by atoms with Gasteiger partial charge in [-0.15, -0.1) is 0 Å². The van der Waals surface area contributed by atoms with E-state index in [1.807, 2.05) is 69.3 Å². The average molecular weight is 565 g/mol. The van der Waals surface area contributed by atoms with E-state index in [-0.39, 0.29) is 12.5 Å². The number of amides is 1. The van der Waals surface area contributed by atoms with Gasteiger partial charge in [-0.05, 0) is 72.7 Å². The number of rotatable bonds is 8. The third kappa shape index (κ3) is 5.55. The molecule has 0 aliphatic carbocycles. The van der Waals surface area contributed by atoms with E-state index in [1.54, 1.807) is 16.8 Å². The summed E-state index contributed by atoms with van der Waals surface area (Å²) in [5, 5.41) is 19.3. The van der Waals surface area contributed by atoms with Crippen LogP contribution in [0.3, 0.4) is 0 Å². The highest BCUT2D eigenvalue weighted by Gasteiger charge is 2.34. The molecule has 1 atom stereocenters. The first-order valence-corrected chi connectivity index (χ1v) is 13.1. The molecule has 2 heterocycles. The minimum absolute atomic E-state index is 0.225. The highest BCUT2D eigenvalue weighted by Crippen LogP contribution is 2.39. The van der Waals surface area contributed by atoms with E-state index in [0.717, 1.165) is 22.4 Å². The Morgan fingerprint density at radius 2 is 1.87 bits per heavy atom. The van der Waals surface area contributed by atoms with Crippen molar-refractivity contribution in [3.8, 4) is 11.5 Å². The van der Waals surface area contributed by atoms with Gasteiger partial charge < -0.3 is 20.1 Å². The van der Waals surface area contributed by atoms with Gasteiger partial charge in [-0.25, -0.2) is 0 Å². The van der Waals surface area contributed by atoms with Gasteiger partial charge in [-0.1, -0.05) is 58.6 Å². The molecule has 1 aliphatic heterocycles. The fourth-order valence-electron chi connectivity index (χ4n) is 4.39. The number of fused-ring (bicyclic) bond motifs is 1. The SMILES string of the molecule is CCOc1cc(C2C(C(=O)Nc3ccccc3C)=C(C)Nc3nnnn32)ccc1OCc1ccc(Cl)cc1Cl. The van der Waals surface area contributed by atoms with E-state index in [2.05, 4.69) is 26.2 Å². The van der Waals surface area contributed by atoms with E-state index < -0.39 is 6.04 Å². The lowest BCUT2D eigenvalue weighted by atomic mass is 9.94. The fourth-order valence-corrected chi connectivity index (χ4v) is 4.86. The molecule has 0 fully saturated rings. The van der Waals surface area contributed by atoms with Crippen LogP contribution in [0.4, 0.5) is 11.6 Å². The van der Waals surface area contributed by atoms with Crippen LogP contribution in [0.5, 0.6) is 11.5 Å². The molecule has 200 valence electrons. The summed E-state index contributed by atoms with van der Waals surface area (Å²) in [5.41, 5.74) is 4.33. The third-order valence-corrected chi connectivity index (χ3v) is 6.92. The van der Waals surface area contributed by atoms with E-state index in [4.69, 9.17) is 32.7 Å². The van der Waals surface area contributed by atoms with Crippen molar-refractivity contribution >= 4 is 40.7 Å². The molecule has 0 saturated carbocycles. The minimum Gasteiger partial charge on any atom is -0.490 e. The zero-order chi connectivity index (χ0) is 27.5. The Morgan fingerprint density at radius 1 is 1.05 bits per heavy atom. The average Bonchev–Trinajstić information content (AvgIpc) is 3.37. The second-order valence-corrected chi connectivity index (χ2v) is 9.79. The van der Waals surface area contributed by atoms with Gasteiger partial charge in [0, 0.05) is 27.0 Å². The van der Waals surface area contributed by atoms with Crippen LogP contribution in [0.25, 0.3) is 0 Å². The molecule has 1 unspecified atom stereocenters. The first kappa shape index (κ1) is 26.5. The summed E-state index contributed by atoms with van der Waals surface area (Å²) >= 11 is 12.3. The number of nitrogens with one attached hydrogen (secondary N) is 2. The number of halogens is 2. The summed E-state index contributed by atoms with van der Waals surface area (Å²) in [5.74, 6) is 1.21. The van der Waals surface area contributed by atoms with Crippen molar-refractivity contribution < 1.29 is 14.3 Å². The Hall–Kier alpha value is -4.08. The van der Waals surface area contributed by atoms with E-state index >= 15 is 0 Å². The molecule has 5 rings (SSSR count). The Balaban J connectivity index is 1.49. The Kier molecular flexibility index (Phi) is 7.72. The molecular weight excluding hydrogens is 539 g/mol. The second kappa shape index (κ2) is 11.3. The molecule has 39 heavy (non-hydrogen) atoms. The topological polar surface area (TPSA) is 103 Å². The molecule has 9 nitrogen and oxygen atoms in total. The third-order valence-electron chi connectivity index (χ3n) is 6.33. The summed E-state index contributed by atoms with van der Waals surface area (Å²) in [4.78, 5) is 13.7. The molecule has 3 aromatic carbocycles. The number of nitrogens with zero attached hydrogens (tertiary/aromatic N) is 4. The van der Waals surface area contributed by atoms with Crippen LogP contribution in [-0.4, -0.2) is 32.7 Å². The maximum atomic E-state index is 13.7. The maximum Gasteiger partial charge on any atom is 0.255 e. The fraction of sp³-hybridized carbons (Fsp3) is 0.214. The Bertz CT molecular complexity index is 1570. The van der Waals surface area contributed by atoms with Crippen LogP contribution in [0.15, 0.2) is 71.9 Å². The van der Waals surface area contributed by atoms with Gasteiger partial charge in [-0.2, -0.15) is 4.68 Å². The smallest absolute Gasteiger partial charge is 0.255 e. The molecule has 11 heteroatoms. The normalized spacial score (nSPS) is 14.4. The van der Waals surface area contributed by atoms with Crippen LogP contribution in [-0.2, 0) is 11.4 Å². The van der Waals surface area contributed by atoms with Crippen LogP contribution in [0, 0.1) is 6.92 Å². The number of hydrogen-bond acceptors (Lipinski definition) is 7. The molecule has 1 amide bonds. The summed E-state index contributed by atoms with van der Waals surface area (Å²) in [6, 6.07) is 17.8. The Morgan fingerprint density at radius 3 is 2.64 bits per heavy atom. The molecule has 0 radical (unpaired) electrons. The van der Waals surface area contributed by atoms with Crippen LogP contribution in [0.1, 0.15) is 36.6 Å². The number of aryl methyl sites for hydroxylation is 1. The summed E-state index contributed by atoms with van der Waals surface area (Å²) in [7, 11) is 0. The van der Waals surface area contributed by atoms with Gasteiger partial charge in [0.15, 0.2) is 11.5 Å². The first-order chi connectivity index (χ1) is 18.9. The van der Waals surface area contributed by atoms with Crippen molar-refractivity contribution in [3.05, 3.63) is 98.7 Å². The van der Waals surface area contributed by atoms with Crippen molar-refractivity contribution in [2.75, 3.05) is 17.2 Å². The zero-order valence-corrected chi connectivity index (χ0v) is 23.0. The predicted octanol–water partition coefficient (Wildman–Crippen LogP) is 6.19. The summed E-state index contributed by atoms with van der Waals surface area (Å²) in [6.07, 6.45) is 0. The van der Waals surface area contributed by atoms with Gasteiger partial charge in [0.1, 0.15) is 12.6 Å². The number of para-hydroxylation sites is 1. The molecule has 2 N–H and O–H groups in total. The van der Waals surface area contributed by atoms with Crippen molar-refractivity contribution in [2.24, 2.45) is 0 Å². The van der Waals surface area contributed by atoms with Crippen LogP contribution in [0.2, 0.25) is 10.0 Å². The number of hydrogen-bond donors (Lipinski definition) is 2. The van der Waals surface area contributed by atoms with Gasteiger partial charge >= 0.3 is 0 Å². The number of tetrazole rings is 1. The lowest BCUT2D eigenvalue weighted by molar-refractivity contribution is -0.113. The molecule has 4 aromatic rings. The van der Waals surface area contributed by atoms with Crippen molar-refractivity contribution in [1.29, 1.82) is 0 Å². The predicted molar refractivity (Wildman–Crippen MR) is 150 cm³/mol. The molecule has 1 aromatic heterocycles. The summed E-state index contributed by atoms with van der Waals surface area (Å²) in [6.45, 7) is 6.30. The maximum absolute atomic E-state index is 13.7. The lowest BCUT2D eigenvalue weighted by Crippen LogP contribution is -2.31. The molecular formula is C28H26Cl2N6O3. The standard InChI is InChI=1S/C28H26Cl2N6O3/c1-4-38-24-13-18(10-12-23(24)39-15-19-9-11-20(29)14-21(19)30)26-25(17(3)31-28-33-34-35-36(26)28)27(37)32-22-8-6-5-7-16(22)2/h5-14,26H,4,15H2,1-3H3,(H,32,37)(H,31,33,35). The number of carbonyl (C=O) groups is 1. The van der Waals surface area contributed by atoms with Crippen LogP contribution < -0.4 is 20.1 Å². The minimum atomic E-state index is -0.612. The number of carbonyl (C=O) groups excluding carboxylic acids is 1. The zero-order valence-electron chi connectivity index (χ0n) is 21.5. The van der Waals surface area contributed by atoms with Gasteiger partial charge in [-0.3, -0.25) is 4.79 Å². The van der Waals surface area contributed by atoms with E-state index in [9.17, 15) is 4.79 Å². The van der Waals surface area contributed by atoms with Gasteiger partial charge in [0.2, 0.25) is 5.95 Å². The highest BCUT2D eigenvalue weighted by molar-refractivity contribution is 6.35. The number of benzene rings is 3. The van der Waals surface area contributed by atoms with Crippen molar-refractivity contribution in [1.82, 2.24) is 20.2 Å². The quantitative estimate of drug-likeness (QED) is 0.263. The number of ether oxygens (including phenoxy) is 2. The van der Waals surface area contributed by atoms with Gasteiger partial charge in [0.25, 0.3) is 5.91 Å². The van der Waals surface area contributed by atoms with Crippen molar-refractivity contribution in [2.45, 2.75) is 33.4 Å². The first-order valence-electron chi connectivity index (χ1n) is 12.3. The second-order valence-electron chi connectivity index (χ2n) is 8.95. The lowest BCUT2D eigenvalue weighted by Gasteiger charge is -2.28. The molecule has 0 bridgehead atoms. The highest BCUT2D eigenvalue weighted by atomic mass is 35.5. The number of anilines is 2. The van der Waals surface area contributed by atoms with E-state index in [0.29, 0.717) is 45.4 Å². The van der Waals surface area contributed by atoms with E-state index in [1.165, 1.54) is 0 Å². The Labute approximate surface area is 235 Å². The summed E-state index contributed by atoms with van der Waals surface area (Å²) < 4.78 is 13.6. The monoisotopic (exact) mass is 564 g/mol. The molecule has 0 saturated heterocycles. The van der Waals surface area contributed by atoms with Crippen LogP contribution >= 0.6 is 23.2 Å². The number of allylic oxidation sites excluding steroid dienone is 1.